The summed E-state index contributed by atoms with van der Waals surface area (Å²) >= 11 is 7.55. The Bertz CT molecular complexity index is 483. The fraction of sp³-hybridized carbons (Fsp3) is 0.250. The van der Waals surface area contributed by atoms with E-state index in [9.17, 15) is 5.11 Å². The Morgan fingerprint density at radius 3 is 2.81 bits per heavy atom. The Balaban J connectivity index is 2.13. The molecule has 1 atom stereocenters. The van der Waals surface area contributed by atoms with Gasteiger partial charge in [-0.05, 0) is 18.6 Å². The van der Waals surface area contributed by atoms with Gasteiger partial charge in [-0.25, -0.2) is 4.98 Å². The average Bonchev–Trinajstić information content (AvgIpc) is 2.68. The molecule has 0 spiro atoms. The fourth-order valence-corrected chi connectivity index (χ4v) is 2.49. The lowest BCUT2D eigenvalue weighted by Gasteiger charge is -2.09. The number of aromatic nitrogens is 1. The van der Waals surface area contributed by atoms with Crippen molar-refractivity contribution in [1.29, 1.82) is 0 Å². The molecule has 2 nitrogen and oxygen atoms in total. The SMILES string of the molecule is Cc1ncc(C(O)Cc2ccccc2Cl)s1. The summed E-state index contributed by atoms with van der Waals surface area (Å²) in [6.07, 6.45) is 1.73. The third-order valence-corrected chi connectivity index (χ3v) is 3.72. The van der Waals surface area contributed by atoms with Gasteiger partial charge in [0.15, 0.2) is 0 Å². The van der Waals surface area contributed by atoms with Gasteiger partial charge >= 0.3 is 0 Å². The van der Waals surface area contributed by atoms with Crippen molar-refractivity contribution in [2.75, 3.05) is 0 Å². The van der Waals surface area contributed by atoms with Gasteiger partial charge in [0.25, 0.3) is 0 Å². The van der Waals surface area contributed by atoms with Crippen LogP contribution in [0.2, 0.25) is 5.02 Å². The Kier molecular flexibility index (Phi) is 3.59. The smallest absolute Gasteiger partial charge is 0.0938 e. The summed E-state index contributed by atoms with van der Waals surface area (Å²) in [6.45, 7) is 1.93. The molecule has 84 valence electrons. The summed E-state index contributed by atoms with van der Waals surface area (Å²) in [6, 6.07) is 7.57. The van der Waals surface area contributed by atoms with E-state index >= 15 is 0 Å². The van der Waals surface area contributed by atoms with Gasteiger partial charge in [-0.3, -0.25) is 0 Å². The quantitative estimate of drug-likeness (QED) is 0.910. The molecule has 0 aliphatic rings. The minimum atomic E-state index is -0.522. The number of aliphatic hydroxyl groups excluding tert-OH is 1. The zero-order valence-electron chi connectivity index (χ0n) is 8.85. The number of aliphatic hydroxyl groups is 1. The number of aryl methyl sites for hydroxylation is 1. The van der Waals surface area contributed by atoms with Crippen LogP contribution in [0.1, 0.15) is 21.6 Å². The van der Waals surface area contributed by atoms with Crippen molar-refractivity contribution in [2.24, 2.45) is 0 Å². The summed E-state index contributed by atoms with van der Waals surface area (Å²) in [5.74, 6) is 0. The van der Waals surface area contributed by atoms with Crippen LogP contribution < -0.4 is 0 Å². The summed E-state index contributed by atoms with van der Waals surface area (Å²) in [7, 11) is 0. The molecular weight excluding hydrogens is 242 g/mol. The molecule has 2 aromatic rings. The van der Waals surface area contributed by atoms with Crippen molar-refractivity contribution in [1.82, 2.24) is 4.98 Å². The second kappa shape index (κ2) is 4.95. The van der Waals surface area contributed by atoms with Gasteiger partial charge in [0.05, 0.1) is 16.0 Å². The molecule has 0 fully saturated rings. The number of rotatable bonds is 3. The van der Waals surface area contributed by atoms with Crippen molar-refractivity contribution in [3.05, 3.63) is 50.9 Å². The minimum absolute atomic E-state index is 0.522. The van der Waals surface area contributed by atoms with Gasteiger partial charge in [0, 0.05) is 17.6 Å². The highest BCUT2D eigenvalue weighted by atomic mass is 35.5. The van der Waals surface area contributed by atoms with Gasteiger partial charge in [-0.15, -0.1) is 11.3 Å². The van der Waals surface area contributed by atoms with E-state index in [-0.39, 0.29) is 0 Å². The first-order valence-corrected chi connectivity index (χ1v) is 6.20. The molecule has 1 aromatic heterocycles. The number of nitrogens with zero attached hydrogens (tertiary/aromatic N) is 1. The Morgan fingerprint density at radius 2 is 2.19 bits per heavy atom. The van der Waals surface area contributed by atoms with Crippen LogP contribution in [0.3, 0.4) is 0 Å². The van der Waals surface area contributed by atoms with Crippen molar-refractivity contribution in [3.8, 4) is 0 Å². The average molecular weight is 254 g/mol. The second-order valence-electron chi connectivity index (χ2n) is 3.59. The summed E-state index contributed by atoms with van der Waals surface area (Å²) in [5, 5.41) is 11.7. The zero-order chi connectivity index (χ0) is 11.5. The lowest BCUT2D eigenvalue weighted by molar-refractivity contribution is 0.182. The first-order valence-electron chi connectivity index (χ1n) is 5.00. The summed E-state index contributed by atoms with van der Waals surface area (Å²) in [5.41, 5.74) is 0.961. The molecule has 16 heavy (non-hydrogen) atoms. The van der Waals surface area contributed by atoms with Crippen molar-refractivity contribution < 1.29 is 5.11 Å². The molecule has 0 saturated carbocycles. The van der Waals surface area contributed by atoms with Gasteiger partial charge in [-0.2, -0.15) is 0 Å². The van der Waals surface area contributed by atoms with Gasteiger partial charge in [0.2, 0.25) is 0 Å². The molecule has 0 aliphatic carbocycles. The number of benzene rings is 1. The summed E-state index contributed by atoms with van der Waals surface area (Å²) in [4.78, 5) is 5.01. The molecule has 0 amide bonds. The highest BCUT2D eigenvalue weighted by Gasteiger charge is 2.12. The van der Waals surface area contributed by atoms with Crippen LogP contribution in [-0.4, -0.2) is 10.1 Å². The predicted octanol–water partition coefficient (Wildman–Crippen LogP) is 3.38. The van der Waals surface area contributed by atoms with Crippen LogP contribution in [0.15, 0.2) is 30.5 Å². The van der Waals surface area contributed by atoms with Crippen LogP contribution in [-0.2, 0) is 6.42 Å². The maximum absolute atomic E-state index is 10.0. The van der Waals surface area contributed by atoms with E-state index in [1.54, 1.807) is 6.20 Å². The predicted molar refractivity (Wildman–Crippen MR) is 67.0 cm³/mol. The first kappa shape index (κ1) is 11.6. The first-order chi connectivity index (χ1) is 7.66. The normalized spacial score (nSPS) is 12.7. The number of thiazole rings is 1. The van der Waals surface area contributed by atoms with E-state index in [0.717, 1.165) is 15.4 Å². The van der Waals surface area contributed by atoms with Crippen LogP contribution >= 0.6 is 22.9 Å². The Hall–Kier alpha value is -0.900. The monoisotopic (exact) mass is 253 g/mol. The van der Waals surface area contributed by atoms with E-state index in [1.807, 2.05) is 31.2 Å². The van der Waals surface area contributed by atoms with Gasteiger partial charge in [0.1, 0.15) is 0 Å². The van der Waals surface area contributed by atoms with E-state index < -0.39 is 6.10 Å². The Labute approximate surface area is 104 Å². The molecule has 1 aromatic carbocycles. The highest BCUT2D eigenvalue weighted by Crippen LogP contribution is 2.26. The highest BCUT2D eigenvalue weighted by molar-refractivity contribution is 7.11. The third-order valence-electron chi connectivity index (χ3n) is 2.34. The standard InChI is InChI=1S/C12H12ClNOS/c1-8-14-7-12(16-8)11(15)6-9-4-2-3-5-10(9)13/h2-5,7,11,15H,6H2,1H3. The molecule has 2 rings (SSSR count). The van der Waals surface area contributed by atoms with E-state index in [2.05, 4.69) is 4.98 Å². The third kappa shape index (κ3) is 2.61. The number of hydrogen-bond acceptors (Lipinski definition) is 3. The molecule has 0 radical (unpaired) electrons. The summed E-state index contributed by atoms with van der Waals surface area (Å²) < 4.78 is 0. The van der Waals surface area contributed by atoms with Crippen molar-refractivity contribution in [2.45, 2.75) is 19.4 Å². The van der Waals surface area contributed by atoms with Crippen molar-refractivity contribution in [3.63, 3.8) is 0 Å². The lowest BCUT2D eigenvalue weighted by Crippen LogP contribution is -1.99. The van der Waals surface area contributed by atoms with Crippen LogP contribution in [0.5, 0.6) is 0 Å². The molecule has 1 heterocycles. The topological polar surface area (TPSA) is 33.1 Å². The van der Waals surface area contributed by atoms with Crippen LogP contribution in [0, 0.1) is 6.92 Å². The minimum Gasteiger partial charge on any atom is -0.387 e. The molecule has 4 heteroatoms. The fourth-order valence-electron chi connectivity index (χ4n) is 1.50. The molecule has 0 bridgehead atoms. The molecule has 0 saturated heterocycles. The van der Waals surface area contributed by atoms with E-state index in [4.69, 9.17) is 11.6 Å². The van der Waals surface area contributed by atoms with Gasteiger partial charge < -0.3 is 5.11 Å². The van der Waals surface area contributed by atoms with Crippen LogP contribution in [0.4, 0.5) is 0 Å². The van der Waals surface area contributed by atoms with Crippen LogP contribution in [0.25, 0.3) is 0 Å². The van der Waals surface area contributed by atoms with Gasteiger partial charge in [-0.1, -0.05) is 29.8 Å². The molecule has 1 unspecified atom stereocenters. The maximum Gasteiger partial charge on any atom is 0.0938 e. The maximum atomic E-state index is 10.0. The van der Waals surface area contributed by atoms with Crippen molar-refractivity contribution >= 4 is 22.9 Å². The molecular formula is C12H12ClNOS. The second-order valence-corrected chi connectivity index (χ2v) is 5.27. The number of hydrogen-bond donors (Lipinski definition) is 1. The molecule has 1 N–H and O–H groups in total. The largest absolute Gasteiger partial charge is 0.387 e. The number of halogens is 1. The Morgan fingerprint density at radius 1 is 1.44 bits per heavy atom. The van der Waals surface area contributed by atoms with E-state index in [1.165, 1.54) is 11.3 Å². The van der Waals surface area contributed by atoms with E-state index in [0.29, 0.717) is 11.4 Å². The lowest BCUT2D eigenvalue weighted by atomic mass is 10.1. The zero-order valence-corrected chi connectivity index (χ0v) is 10.4. The molecule has 0 aliphatic heterocycles.